The highest BCUT2D eigenvalue weighted by atomic mass is 19.4. The predicted octanol–water partition coefficient (Wildman–Crippen LogP) is 2.63. The third kappa shape index (κ3) is 3.32. The van der Waals surface area contributed by atoms with Crippen molar-refractivity contribution in [3.63, 3.8) is 0 Å². The Morgan fingerprint density at radius 2 is 1.87 bits per heavy atom. The van der Waals surface area contributed by atoms with Gasteiger partial charge >= 0.3 is 12.1 Å². The van der Waals surface area contributed by atoms with E-state index in [1.165, 1.54) is 29.2 Å². The van der Waals surface area contributed by atoms with Crippen molar-refractivity contribution in [2.24, 2.45) is 0 Å². The largest absolute Gasteiger partial charge is 0.478 e. The van der Waals surface area contributed by atoms with Crippen LogP contribution in [-0.2, 0) is 6.18 Å². The van der Waals surface area contributed by atoms with Gasteiger partial charge in [-0.05, 0) is 24.6 Å². The van der Waals surface area contributed by atoms with Gasteiger partial charge in [-0.2, -0.15) is 23.4 Å². The van der Waals surface area contributed by atoms with Crippen molar-refractivity contribution >= 4 is 17.0 Å². The van der Waals surface area contributed by atoms with Crippen molar-refractivity contribution in [1.82, 2.24) is 29.5 Å². The van der Waals surface area contributed by atoms with E-state index in [0.29, 0.717) is 5.56 Å². The number of rotatable bonds is 4. The number of alkyl halides is 3. The molecule has 0 aliphatic heterocycles. The van der Waals surface area contributed by atoms with Crippen molar-refractivity contribution in [2.75, 3.05) is 0 Å². The fourth-order valence-corrected chi connectivity index (χ4v) is 3.00. The summed E-state index contributed by atoms with van der Waals surface area (Å²) in [5.41, 5.74) is -0.540. The number of aromatic carboxylic acids is 1. The highest BCUT2D eigenvalue weighted by Crippen LogP contribution is 2.30. The second-order valence-corrected chi connectivity index (χ2v) is 6.49. The number of carboxylic acids is 1. The van der Waals surface area contributed by atoms with E-state index >= 15 is 0 Å². The van der Waals surface area contributed by atoms with Gasteiger partial charge in [0, 0.05) is 6.20 Å². The van der Waals surface area contributed by atoms with Gasteiger partial charge in [-0.1, -0.05) is 12.1 Å². The van der Waals surface area contributed by atoms with Crippen LogP contribution >= 0.6 is 0 Å². The topological polar surface area (TPSA) is 119 Å². The zero-order valence-electron chi connectivity index (χ0n) is 15.3. The molecule has 0 saturated heterocycles. The summed E-state index contributed by atoms with van der Waals surface area (Å²) in [7, 11) is 0. The summed E-state index contributed by atoms with van der Waals surface area (Å²) >= 11 is 0. The number of nitrogens with one attached hydrogen (secondary N) is 1. The summed E-state index contributed by atoms with van der Waals surface area (Å²) < 4.78 is 40.8. The van der Waals surface area contributed by atoms with Gasteiger partial charge in [0.2, 0.25) is 5.95 Å². The second kappa shape index (κ2) is 6.83. The molecule has 3 heterocycles. The van der Waals surface area contributed by atoms with Crippen molar-refractivity contribution in [3.8, 4) is 5.95 Å². The number of fused-ring (bicyclic) bond motifs is 1. The van der Waals surface area contributed by atoms with E-state index in [0.717, 1.165) is 23.0 Å². The van der Waals surface area contributed by atoms with Crippen LogP contribution in [0.25, 0.3) is 17.0 Å². The van der Waals surface area contributed by atoms with Crippen LogP contribution in [0.15, 0.2) is 47.7 Å². The standard InChI is InChI=1S/C18H13F3N6O3/c1-9(10-2-4-12(5-3-10)18(19,20)21)27-14-13(7-23-27)24-17(25-15(14)28)26-8-11(6-22-26)16(29)30/h2-9H,1H3,(H,29,30)(H,24,25,28)/t9-/m0/s1. The van der Waals surface area contributed by atoms with E-state index in [-0.39, 0.29) is 22.5 Å². The van der Waals surface area contributed by atoms with Gasteiger partial charge in [0.25, 0.3) is 5.56 Å². The maximum Gasteiger partial charge on any atom is 0.416 e. The SMILES string of the molecule is C[C@@H](c1ccc(C(F)(F)F)cc1)n1ncc2nc(-n3cc(C(=O)O)cn3)[nH]c(=O)c21. The van der Waals surface area contributed by atoms with Gasteiger partial charge in [-0.25, -0.2) is 14.5 Å². The third-order valence-electron chi connectivity index (χ3n) is 4.58. The lowest BCUT2D eigenvalue weighted by Gasteiger charge is -2.15. The molecule has 0 aliphatic rings. The first-order valence-electron chi connectivity index (χ1n) is 8.58. The molecule has 0 aliphatic carbocycles. The molecule has 154 valence electrons. The number of aromatic amines is 1. The molecule has 0 amide bonds. The molecule has 0 spiro atoms. The molecule has 0 saturated carbocycles. The van der Waals surface area contributed by atoms with Gasteiger partial charge in [0.15, 0.2) is 5.52 Å². The molecule has 4 rings (SSSR count). The minimum absolute atomic E-state index is 0.00160. The highest BCUT2D eigenvalue weighted by Gasteiger charge is 2.30. The predicted molar refractivity (Wildman–Crippen MR) is 97.5 cm³/mol. The van der Waals surface area contributed by atoms with Gasteiger partial charge in [-0.3, -0.25) is 14.5 Å². The molecule has 4 aromatic rings. The second-order valence-electron chi connectivity index (χ2n) is 6.49. The lowest BCUT2D eigenvalue weighted by Crippen LogP contribution is -2.19. The van der Waals surface area contributed by atoms with Crippen LogP contribution in [0.5, 0.6) is 0 Å². The minimum atomic E-state index is -4.44. The Morgan fingerprint density at radius 3 is 2.47 bits per heavy atom. The Labute approximate surface area is 165 Å². The lowest BCUT2D eigenvalue weighted by atomic mass is 10.1. The van der Waals surface area contributed by atoms with E-state index < -0.39 is 29.3 Å². The average molecular weight is 418 g/mol. The molecule has 1 aromatic carbocycles. The van der Waals surface area contributed by atoms with Crippen LogP contribution in [-0.4, -0.2) is 40.6 Å². The number of carbonyl (C=O) groups is 1. The van der Waals surface area contributed by atoms with Crippen LogP contribution in [0.2, 0.25) is 0 Å². The fourth-order valence-electron chi connectivity index (χ4n) is 3.00. The van der Waals surface area contributed by atoms with E-state index in [1.54, 1.807) is 6.92 Å². The summed E-state index contributed by atoms with van der Waals surface area (Å²) in [5.74, 6) is -1.18. The third-order valence-corrected chi connectivity index (χ3v) is 4.58. The molecule has 3 aromatic heterocycles. The Balaban J connectivity index is 1.72. The molecule has 2 N–H and O–H groups in total. The van der Waals surface area contributed by atoms with E-state index in [9.17, 15) is 22.8 Å². The number of carboxylic acid groups (broad SMARTS) is 1. The fraction of sp³-hybridized carbons (Fsp3) is 0.167. The Morgan fingerprint density at radius 1 is 1.17 bits per heavy atom. The first-order valence-corrected chi connectivity index (χ1v) is 8.58. The summed E-state index contributed by atoms with van der Waals surface area (Å²) in [6.45, 7) is 1.69. The number of aromatic nitrogens is 6. The maximum absolute atomic E-state index is 12.8. The number of halogens is 3. The molecule has 12 heteroatoms. The Bertz CT molecular complexity index is 1300. The first kappa shape index (κ1) is 19.4. The van der Waals surface area contributed by atoms with Gasteiger partial charge in [0.05, 0.1) is 29.6 Å². The lowest BCUT2D eigenvalue weighted by molar-refractivity contribution is -0.137. The normalized spacial score (nSPS) is 12.9. The van der Waals surface area contributed by atoms with Crippen LogP contribution in [0, 0.1) is 0 Å². The minimum Gasteiger partial charge on any atom is -0.478 e. The van der Waals surface area contributed by atoms with Crippen molar-refractivity contribution in [2.45, 2.75) is 19.1 Å². The Hall–Kier alpha value is -3.96. The van der Waals surface area contributed by atoms with Gasteiger partial charge < -0.3 is 5.11 Å². The number of hydrogen-bond donors (Lipinski definition) is 2. The van der Waals surface area contributed by atoms with Gasteiger partial charge in [0.1, 0.15) is 5.52 Å². The van der Waals surface area contributed by atoms with E-state index in [1.807, 2.05) is 0 Å². The number of hydrogen-bond acceptors (Lipinski definition) is 5. The highest BCUT2D eigenvalue weighted by molar-refractivity contribution is 5.87. The molecular formula is C18H13F3N6O3. The monoisotopic (exact) mass is 418 g/mol. The molecule has 30 heavy (non-hydrogen) atoms. The summed E-state index contributed by atoms with van der Waals surface area (Å²) in [4.78, 5) is 30.4. The van der Waals surface area contributed by atoms with Gasteiger partial charge in [-0.15, -0.1) is 0 Å². The summed E-state index contributed by atoms with van der Waals surface area (Å²) in [6, 6.07) is 4.05. The smallest absolute Gasteiger partial charge is 0.416 e. The molecule has 0 bridgehead atoms. The molecule has 0 radical (unpaired) electrons. The molecular weight excluding hydrogens is 405 g/mol. The van der Waals surface area contributed by atoms with Crippen molar-refractivity contribution in [3.05, 3.63) is 69.9 Å². The van der Waals surface area contributed by atoms with Crippen molar-refractivity contribution < 1.29 is 23.1 Å². The summed E-state index contributed by atoms with van der Waals surface area (Å²) in [5, 5.41) is 17.0. The Kier molecular flexibility index (Phi) is 4.41. The van der Waals surface area contributed by atoms with Crippen LogP contribution in [0.1, 0.15) is 34.5 Å². The maximum atomic E-state index is 12.8. The van der Waals surface area contributed by atoms with Crippen LogP contribution in [0.3, 0.4) is 0 Å². The van der Waals surface area contributed by atoms with E-state index in [2.05, 4.69) is 20.2 Å². The number of H-pyrrole nitrogens is 1. The molecule has 9 nitrogen and oxygen atoms in total. The molecule has 0 fully saturated rings. The molecule has 0 unspecified atom stereocenters. The quantitative estimate of drug-likeness (QED) is 0.526. The van der Waals surface area contributed by atoms with E-state index in [4.69, 9.17) is 5.11 Å². The zero-order valence-corrected chi connectivity index (χ0v) is 15.3. The molecule has 1 atom stereocenters. The average Bonchev–Trinajstić information content (AvgIpc) is 3.34. The number of nitrogens with zero attached hydrogens (tertiary/aromatic N) is 5. The van der Waals surface area contributed by atoms with Crippen molar-refractivity contribution in [1.29, 1.82) is 0 Å². The zero-order chi connectivity index (χ0) is 21.6. The first-order chi connectivity index (χ1) is 14.1. The summed E-state index contributed by atoms with van der Waals surface area (Å²) in [6.07, 6.45) is -0.786. The van der Waals surface area contributed by atoms with Crippen LogP contribution in [0.4, 0.5) is 13.2 Å². The number of benzene rings is 1. The van der Waals surface area contributed by atoms with Crippen LogP contribution < -0.4 is 5.56 Å².